The van der Waals surface area contributed by atoms with Crippen molar-refractivity contribution >= 4 is 90.6 Å². The number of aryl methyl sites for hydroxylation is 9. The number of pyridine rings is 2. The summed E-state index contributed by atoms with van der Waals surface area (Å²) in [5, 5.41) is 26.3. The van der Waals surface area contributed by atoms with Crippen LogP contribution in [0.25, 0.3) is 55.3 Å². The molecule has 23 nitrogen and oxygen atoms in total. The molecule has 0 unspecified atom stereocenters. The third kappa shape index (κ3) is 11.2. The van der Waals surface area contributed by atoms with Crippen LogP contribution in [-0.4, -0.2) is 126 Å². The summed E-state index contributed by atoms with van der Waals surface area (Å²) in [5.74, 6) is 4.31. The molecule has 360 valence electrons. The molecule has 10 aromatic rings. The largest absolute Gasteiger partial charge is 0.372 e. The Balaban J connectivity index is 0.000000142. The molecular weight excluding hydrogens is 1050 g/mol. The van der Waals surface area contributed by atoms with E-state index in [0.29, 0.717) is 17.8 Å². The maximum atomic E-state index is 4.45. The zero-order valence-corrected chi connectivity index (χ0v) is 44.6. The van der Waals surface area contributed by atoms with Crippen molar-refractivity contribution in [2.24, 2.45) is 28.2 Å². The zero-order valence-electron chi connectivity index (χ0n) is 41.6. The third-order valence-corrected chi connectivity index (χ3v) is 13.0. The van der Waals surface area contributed by atoms with Crippen molar-refractivity contribution in [1.82, 2.24) is 83.3 Å². The Morgan fingerprint density at radius 3 is 1.70 bits per heavy atom. The average Bonchev–Trinajstić information content (AvgIpc) is 4.00. The summed E-state index contributed by atoms with van der Waals surface area (Å²) in [6.45, 7) is 10.1. The predicted molar refractivity (Wildman–Crippen MR) is 271 cm³/mol. The van der Waals surface area contributed by atoms with Gasteiger partial charge in [0.2, 0.25) is 11.9 Å². The number of anilines is 6. The van der Waals surface area contributed by atoms with Gasteiger partial charge in [0.1, 0.15) is 29.9 Å². The Labute approximate surface area is 410 Å². The van der Waals surface area contributed by atoms with E-state index in [1.54, 1.807) is 37.6 Å². The van der Waals surface area contributed by atoms with Crippen LogP contribution in [0.2, 0.25) is 0 Å². The van der Waals surface area contributed by atoms with Gasteiger partial charge in [0.25, 0.3) is 0 Å². The number of hydrogen-bond acceptors (Lipinski definition) is 19. The van der Waals surface area contributed by atoms with Gasteiger partial charge in [-0.15, -0.1) is 0 Å². The summed E-state index contributed by atoms with van der Waals surface area (Å²) in [6.07, 6.45) is 10.5. The van der Waals surface area contributed by atoms with Crippen molar-refractivity contribution < 1.29 is 19.4 Å². The van der Waals surface area contributed by atoms with Crippen molar-refractivity contribution in [3.8, 4) is 0 Å². The van der Waals surface area contributed by atoms with Crippen LogP contribution in [0.15, 0.2) is 49.7 Å². The monoisotopic (exact) mass is 1110 g/mol. The second kappa shape index (κ2) is 22.3. The molecule has 10 rings (SSSR count). The minimum absolute atomic E-state index is 0.588. The molecular formula is C45H59N23W. The van der Waals surface area contributed by atoms with E-state index < -0.39 is 0 Å². The van der Waals surface area contributed by atoms with Crippen LogP contribution < -0.4 is 31.9 Å². The van der Waals surface area contributed by atoms with E-state index in [1.807, 2.05) is 92.5 Å². The molecule has 24 heteroatoms. The molecule has 0 amide bonds. The van der Waals surface area contributed by atoms with Gasteiger partial charge >= 0.3 is 98.7 Å². The van der Waals surface area contributed by atoms with Crippen LogP contribution in [0.5, 0.6) is 0 Å². The van der Waals surface area contributed by atoms with Gasteiger partial charge in [-0.05, 0) is 44.9 Å². The molecule has 0 fully saturated rings. The Bertz CT molecular complexity index is 3380. The molecule has 69 heavy (non-hydrogen) atoms. The van der Waals surface area contributed by atoms with Gasteiger partial charge in [-0.25, -0.2) is 34.9 Å². The zero-order chi connectivity index (χ0) is 50.1. The van der Waals surface area contributed by atoms with E-state index in [1.165, 1.54) is 46.0 Å². The van der Waals surface area contributed by atoms with Crippen LogP contribution in [0.1, 0.15) is 28.1 Å². The summed E-state index contributed by atoms with van der Waals surface area (Å²) < 4.78 is 9.06. The van der Waals surface area contributed by atoms with Gasteiger partial charge in [0.05, 0.1) is 22.8 Å². The smallest absolute Gasteiger partial charge is 0.224 e. The summed E-state index contributed by atoms with van der Waals surface area (Å²) in [4.78, 5) is 50.9. The van der Waals surface area contributed by atoms with Crippen LogP contribution in [0.3, 0.4) is 0 Å². The molecule has 10 heterocycles. The molecule has 0 aliphatic heterocycles. The van der Waals surface area contributed by atoms with Crippen LogP contribution >= 0.6 is 0 Å². The summed E-state index contributed by atoms with van der Waals surface area (Å²) in [5.41, 5.74) is 10.8. The molecule has 0 atom stereocenters. The number of imidazole rings is 1. The molecule has 0 saturated carbocycles. The number of hydrogen-bond donors (Lipinski definition) is 6. The first-order valence-corrected chi connectivity index (χ1v) is 23.1. The van der Waals surface area contributed by atoms with E-state index in [-0.39, 0.29) is 0 Å². The quantitative estimate of drug-likeness (QED) is 0.119. The van der Waals surface area contributed by atoms with Crippen molar-refractivity contribution in [3.63, 3.8) is 0 Å². The molecule has 0 radical (unpaired) electrons. The van der Waals surface area contributed by atoms with E-state index in [9.17, 15) is 0 Å². The molecule has 0 aromatic carbocycles. The fourth-order valence-corrected chi connectivity index (χ4v) is 7.70. The first-order valence-electron chi connectivity index (χ1n) is 21.7. The number of nitrogens with zero attached hydrogens (tertiary/aromatic N) is 17. The molecule has 0 saturated heterocycles. The Kier molecular flexibility index (Phi) is 16.4. The molecule has 6 N–H and O–H groups in total. The van der Waals surface area contributed by atoms with E-state index in [0.717, 1.165) is 84.1 Å². The normalized spacial score (nSPS) is 10.6. The standard InChI is InChI=1S/2C10H12N4.C9H12N4.C8H12N6.C8H11N5.W/c1-7-4-8-5-12-10(11-2)13-9(8)14(3)6-7;1-6-4-8-5-12-10(11-3)14-9(8)13-7(6)2;1-6-4-13(3)9-7(6)8(10-2)11-5-12-9;1-9-6-5-7(14(3)4-11-5)13-8(10-2)12-6;1-5-6-7(9-2)10-4-11-8(6)13(3)12-5;/h4-5H,1-3H3,(H,11,12,13);4-5H,1-3H3,(H,11,12,13,14);4-5H,1-3H3,(H,10,11,12);4H,1-3H3,(H2,9,10,12,13);4H,1-3H3,(H,9,10,11);. The SMILES string of the molecule is CNc1nc(NC)c2ncn(C)c2n1.CNc1ncc2cc(C)[c](=[W])n(C)c2n1.CNc1ncc2cc(C)c(C)nc2n1.CNc1ncnc2c1c(C)cn2C.CNc1ncnc2c1c(C)nn2C. The number of fused-ring (bicyclic) bond motifs is 5. The van der Waals surface area contributed by atoms with Crippen molar-refractivity contribution in [2.75, 3.05) is 74.2 Å². The first-order chi connectivity index (χ1) is 33.1. The van der Waals surface area contributed by atoms with Gasteiger partial charge < -0.3 is 35.7 Å². The van der Waals surface area contributed by atoms with Gasteiger partial charge in [0, 0.05) is 79.9 Å². The van der Waals surface area contributed by atoms with Crippen molar-refractivity contribution in [2.45, 2.75) is 34.6 Å². The van der Waals surface area contributed by atoms with Crippen molar-refractivity contribution in [1.29, 1.82) is 0 Å². The van der Waals surface area contributed by atoms with Crippen LogP contribution in [-0.2, 0) is 47.5 Å². The van der Waals surface area contributed by atoms with E-state index in [2.05, 4.69) is 134 Å². The fourth-order valence-electron chi connectivity index (χ4n) is 7.18. The number of rotatable bonds is 6. The van der Waals surface area contributed by atoms with Gasteiger partial charge in [0.15, 0.2) is 28.3 Å². The summed E-state index contributed by atoms with van der Waals surface area (Å²) in [7, 11) is 18.7. The van der Waals surface area contributed by atoms with Gasteiger partial charge in [-0.2, -0.15) is 20.1 Å². The Morgan fingerprint density at radius 2 is 1.06 bits per heavy atom. The Morgan fingerprint density at radius 1 is 0.478 bits per heavy atom. The second-order valence-corrected chi connectivity index (χ2v) is 16.9. The summed E-state index contributed by atoms with van der Waals surface area (Å²) >= 11 is 1.46. The van der Waals surface area contributed by atoms with Crippen molar-refractivity contribution in [3.05, 3.63) is 81.5 Å². The van der Waals surface area contributed by atoms with Crippen LogP contribution in [0, 0.1) is 38.3 Å². The molecule has 10 aromatic heterocycles. The third-order valence-electron chi connectivity index (χ3n) is 10.8. The van der Waals surface area contributed by atoms with Gasteiger partial charge in [-0.3, -0.25) is 4.68 Å². The topological polar surface area (TPSA) is 259 Å². The second-order valence-electron chi connectivity index (χ2n) is 15.6. The fraction of sp³-hybridized carbons (Fsp3) is 0.333. The Hall–Kier alpha value is -7.81. The molecule has 0 spiro atoms. The predicted octanol–water partition coefficient (Wildman–Crippen LogP) is 5.56. The van der Waals surface area contributed by atoms with E-state index in [4.69, 9.17) is 0 Å². The number of nitrogens with one attached hydrogen (secondary N) is 6. The average molecular weight is 1110 g/mol. The first kappa shape index (κ1) is 50.6. The maximum absolute atomic E-state index is 4.45. The summed E-state index contributed by atoms with van der Waals surface area (Å²) in [6, 6.07) is 4.19. The molecule has 0 aliphatic rings. The van der Waals surface area contributed by atoms with Gasteiger partial charge in [-0.1, -0.05) is 0 Å². The molecule has 0 bridgehead atoms. The number of aromatic nitrogens is 17. The maximum Gasteiger partial charge on any atom is 0.224 e. The van der Waals surface area contributed by atoms with Crippen LogP contribution in [0.4, 0.5) is 35.3 Å². The van der Waals surface area contributed by atoms with E-state index >= 15 is 0 Å². The molecule has 0 aliphatic carbocycles. The minimum Gasteiger partial charge on any atom is -0.372 e. The minimum atomic E-state index is 0.588.